The number of nitrogens with zero attached hydrogens (tertiary/aromatic N) is 4. The van der Waals surface area contributed by atoms with Crippen molar-refractivity contribution in [1.29, 1.82) is 0 Å². The summed E-state index contributed by atoms with van der Waals surface area (Å²) in [6, 6.07) is 72.8. The Labute approximate surface area is 346 Å². The maximum atomic E-state index is 5.35. The Morgan fingerprint density at radius 3 is 1.20 bits per heavy atom. The Bertz CT molecular complexity index is 3540. The fraction of sp³-hybridized carbons (Fsp3) is 0. The predicted molar refractivity (Wildman–Crippen MR) is 250 cm³/mol. The summed E-state index contributed by atoms with van der Waals surface area (Å²) in [4.78, 5) is 20.8. The highest BCUT2D eigenvalue weighted by Crippen LogP contribution is 2.43. The fourth-order valence-corrected chi connectivity index (χ4v) is 9.05. The summed E-state index contributed by atoms with van der Waals surface area (Å²) in [5.41, 5.74) is 8.17. The highest BCUT2D eigenvalue weighted by molar-refractivity contribution is 6.33. The normalized spacial score (nSPS) is 11.7. The van der Waals surface area contributed by atoms with Crippen LogP contribution in [-0.2, 0) is 0 Å². The number of aromatic nitrogens is 4. The van der Waals surface area contributed by atoms with Crippen LogP contribution < -0.4 is 0 Å². The third-order valence-electron chi connectivity index (χ3n) is 11.9. The zero-order valence-corrected chi connectivity index (χ0v) is 32.4. The molecule has 0 radical (unpaired) electrons. The first-order valence-corrected chi connectivity index (χ1v) is 20.3. The van der Waals surface area contributed by atoms with E-state index in [1.165, 1.54) is 37.7 Å². The molecule has 0 fully saturated rings. The lowest BCUT2D eigenvalue weighted by molar-refractivity contribution is 1.08. The van der Waals surface area contributed by atoms with Crippen LogP contribution in [0, 0.1) is 0 Å². The number of pyridine rings is 1. The number of benzene rings is 10. The standard InChI is InChI=1S/C56H34N4/c1-3-17-41-37(13-1)15-11-24-47(41)55-58-54(59-56(60-55)48-25-12-16-38-14-2-4-18-42(38)48)40-33-29-36(30-34-40)35-27-31-39(32-28-35)53-52-46-22-8-6-20-44(46)43-19-5-7-21-45(43)51(52)49-23-9-10-26-50(49)57-53/h1-34H. The molecule has 4 heteroatoms. The molecule has 0 atom stereocenters. The molecule has 0 aliphatic carbocycles. The van der Waals surface area contributed by atoms with Gasteiger partial charge in [0.15, 0.2) is 17.5 Å². The second-order valence-electron chi connectivity index (χ2n) is 15.3. The summed E-state index contributed by atoms with van der Waals surface area (Å²) in [5.74, 6) is 1.93. The van der Waals surface area contributed by atoms with Crippen molar-refractivity contribution >= 4 is 64.8 Å². The van der Waals surface area contributed by atoms with Gasteiger partial charge >= 0.3 is 0 Å². The van der Waals surface area contributed by atoms with Crippen molar-refractivity contribution in [3.05, 3.63) is 206 Å². The molecule has 60 heavy (non-hydrogen) atoms. The lowest BCUT2D eigenvalue weighted by Gasteiger charge is -2.16. The molecule has 0 aliphatic rings. The smallest absolute Gasteiger partial charge is 0.164 e. The summed E-state index contributed by atoms with van der Waals surface area (Å²) in [6.07, 6.45) is 0. The van der Waals surface area contributed by atoms with E-state index in [2.05, 4.69) is 206 Å². The van der Waals surface area contributed by atoms with Crippen molar-refractivity contribution in [1.82, 2.24) is 19.9 Å². The summed E-state index contributed by atoms with van der Waals surface area (Å²) in [7, 11) is 0. The molecule has 0 bridgehead atoms. The van der Waals surface area contributed by atoms with Crippen molar-refractivity contribution in [2.24, 2.45) is 0 Å². The first kappa shape index (κ1) is 34.0. The summed E-state index contributed by atoms with van der Waals surface area (Å²) >= 11 is 0. The second-order valence-corrected chi connectivity index (χ2v) is 15.3. The van der Waals surface area contributed by atoms with Crippen LogP contribution in [0.1, 0.15) is 0 Å². The third kappa shape index (κ3) is 5.53. The fourth-order valence-electron chi connectivity index (χ4n) is 9.05. The number of para-hydroxylation sites is 1. The van der Waals surface area contributed by atoms with Crippen molar-refractivity contribution in [3.8, 4) is 56.5 Å². The summed E-state index contributed by atoms with van der Waals surface area (Å²) in [5, 5.41) is 13.0. The van der Waals surface area contributed by atoms with Gasteiger partial charge in [0.25, 0.3) is 0 Å². The second kappa shape index (κ2) is 13.8. The van der Waals surface area contributed by atoms with E-state index in [0.29, 0.717) is 17.5 Å². The third-order valence-corrected chi connectivity index (χ3v) is 11.9. The van der Waals surface area contributed by atoms with Gasteiger partial charge in [0.05, 0.1) is 11.2 Å². The van der Waals surface area contributed by atoms with Crippen LogP contribution in [0.15, 0.2) is 206 Å². The molecule has 2 aromatic heterocycles. The van der Waals surface area contributed by atoms with Gasteiger partial charge in [-0.3, -0.25) is 0 Å². The Balaban J connectivity index is 0.963. The highest BCUT2D eigenvalue weighted by Gasteiger charge is 2.19. The van der Waals surface area contributed by atoms with E-state index < -0.39 is 0 Å². The molecule has 10 aromatic carbocycles. The van der Waals surface area contributed by atoms with Gasteiger partial charge in [-0.2, -0.15) is 0 Å². The highest BCUT2D eigenvalue weighted by atomic mass is 15.0. The van der Waals surface area contributed by atoms with Crippen LogP contribution in [0.3, 0.4) is 0 Å². The molecular weight excluding hydrogens is 729 g/mol. The van der Waals surface area contributed by atoms with Gasteiger partial charge < -0.3 is 0 Å². The summed E-state index contributed by atoms with van der Waals surface area (Å²) < 4.78 is 0. The van der Waals surface area contributed by atoms with Gasteiger partial charge in [-0.1, -0.05) is 200 Å². The van der Waals surface area contributed by atoms with Gasteiger partial charge in [-0.25, -0.2) is 19.9 Å². The molecule has 12 aromatic rings. The lowest BCUT2D eigenvalue weighted by Crippen LogP contribution is -2.01. The molecule has 12 rings (SSSR count). The molecule has 0 aliphatic heterocycles. The zero-order valence-electron chi connectivity index (χ0n) is 32.4. The Morgan fingerprint density at radius 1 is 0.233 bits per heavy atom. The minimum atomic E-state index is 0.631. The van der Waals surface area contributed by atoms with Crippen LogP contribution >= 0.6 is 0 Å². The van der Waals surface area contributed by atoms with Crippen molar-refractivity contribution in [2.75, 3.05) is 0 Å². The molecule has 2 heterocycles. The quantitative estimate of drug-likeness (QED) is 0.164. The monoisotopic (exact) mass is 762 g/mol. The molecule has 278 valence electrons. The Kier molecular flexibility index (Phi) is 7.82. The topological polar surface area (TPSA) is 51.6 Å². The Hall–Kier alpha value is -8.08. The molecule has 0 unspecified atom stereocenters. The SMILES string of the molecule is c1ccc2c(-c3nc(-c4ccc(-c5ccc(-c6nc7ccccc7c7c8ccccc8c8ccccc8c67)cc5)cc4)nc(-c4cccc5ccccc45)n3)cccc2c1. The Morgan fingerprint density at radius 2 is 0.633 bits per heavy atom. The van der Waals surface area contributed by atoms with Gasteiger partial charge in [0.2, 0.25) is 0 Å². The largest absolute Gasteiger partial charge is 0.247 e. The molecular formula is C56H34N4. The number of hydrogen-bond donors (Lipinski definition) is 0. The maximum absolute atomic E-state index is 5.35. The van der Waals surface area contributed by atoms with E-state index >= 15 is 0 Å². The van der Waals surface area contributed by atoms with E-state index in [1.807, 2.05) is 0 Å². The molecule has 0 N–H and O–H groups in total. The first-order chi connectivity index (χ1) is 29.7. The molecule has 0 saturated carbocycles. The minimum absolute atomic E-state index is 0.631. The van der Waals surface area contributed by atoms with Crippen LogP contribution in [0.25, 0.3) is 121 Å². The van der Waals surface area contributed by atoms with Gasteiger partial charge in [0.1, 0.15) is 0 Å². The average molecular weight is 763 g/mol. The molecule has 0 saturated heterocycles. The van der Waals surface area contributed by atoms with Gasteiger partial charge in [0, 0.05) is 38.4 Å². The van der Waals surface area contributed by atoms with Crippen LogP contribution in [0.4, 0.5) is 0 Å². The van der Waals surface area contributed by atoms with Gasteiger partial charge in [-0.05, 0) is 60.3 Å². The number of hydrogen-bond acceptors (Lipinski definition) is 4. The van der Waals surface area contributed by atoms with E-state index in [1.54, 1.807) is 0 Å². The van der Waals surface area contributed by atoms with Crippen LogP contribution in [0.5, 0.6) is 0 Å². The first-order valence-electron chi connectivity index (χ1n) is 20.3. The van der Waals surface area contributed by atoms with E-state index in [0.717, 1.165) is 66.1 Å². The minimum Gasteiger partial charge on any atom is -0.247 e. The van der Waals surface area contributed by atoms with Crippen molar-refractivity contribution < 1.29 is 0 Å². The van der Waals surface area contributed by atoms with Gasteiger partial charge in [-0.15, -0.1) is 0 Å². The maximum Gasteiger partial charge on any atom is 0.164 e. The zero-order chi connectivity index (χ0) is 39.6. The molecule has 0 amide bonds. The van der Waals surface area contributed by atoms with E-state index in [4.69, 9.17) is 19.9 Å². The molecule has 4 nitrogen and oxygen atoms in total. The predicted octanol–water partition coefficient (Wildman–Crippen LogP) is 14.5. The van der Waals surface area contributed by atoms with Crippen LogP contribution in [0.2, 0.25) is 0 Å². The molecule has 0 spiro atoms. The van der Waals surface area contributed by atoms with E-state index in [-0.39, 0.29) is 0 Å². The van der Waals surface area contributed by atoms with Crippen molar-refractivity contribution in [2.45, 2.75) is 0 Å². The number of rotatable bonds is 5. The van der Waals surface area contributed by atoms with Crippen LogP contribution in [-0.4, -0.2) is 19.9 Å². The van der Waals surface area contributed by atoms with E-state index in [9.17, 15) is 0 Å². The summed E-state index contributed by atoms with van der Waals surface area (Å²) in [6.45, 7) is 0. The average Bonchev–Trinajstić information content (AvgIpc) is 3.33. The van der Waals surface area contributed by atoms with Crippen molar-refractivity contribution in [3.63, 3.8) is 0 Å². The lowest BCUT2D eigenvalue weighted by atomic mass is 9.89. The number of fused-ring (bicyclic) bond motifs is 10.